The average molecular weight is 401 g/mol. The molecule has 0 spiro atoms. The minimum atomic E-state index is -3.99. The van der Waals surface area contributed by atoms with Crippen LogP contribution in [0, 0.1) is 0 Å². The molecule has 0 saturated carbocycles. The van der Waals surface area contributed by atoms with E-state index in [9.17, 15) is 13.2 Å². The van der Waals surface area contributed by atoms with Gasteiger partial charge in [-0.2, -0.15) is 0 Å². The molecule has 0 unspecified atom stereocenters. The lowest BCUT2D eigenvalue weighted by Gasteiger charge is -2.25. The molecule has 0 aliphatic carbocycles. The molecule has 0 bridgehead atoms. The van der Waals surface area contributed by atoms with Gasteiger partial charge in [0.15, 0.2) is 0 Å². The SMILES string of the molecule is CC(C)NC(=O)CN(c1cccc(Cl)c1Cl)S(=O)(=O)c1ccccc1. The number of carbonyl (C=O) groups is 1. The molecule has 1 N–H and O–H groups in total. The van der Waals surface area contributed by atoms with Gasteiger partial charge >= 0.3 is 0 Å². The Balaban J connectivity index is 2.53. The quantitative estimate of drug-likeness (QED) is 0.803. The molecule has 8 heteroatoms. The van der Waals surface area contributed by atoms with Crippen molar-refractivity contribution >= 4 is 44.8 Å². The summed E-state index contributed by atoms with van der Waals surface area (Å²) < 4.78 is 27.1. The monoisotopic (exact) mass is 400 g/mol. The number of carbonyl (C=O) groups excluding carboxylic acids is 1. The third-order valence-corrected chi connectivity index (χ3v) is 5.85. The Morgan fingerprint density at radius 2 is 1.72 bits per heavy atom. The standard InChI is InChI=1S/C17H18Cl2N2O3S/c1-12(2)20-16(22)11-21(15-10-6-9-14(18)17(15)19)25(23,24)13-7-4-3-5-8-13/h3-10,12H,11H2,1-2H3,(H,20,22). The number of anilines is 1. The molecular weight excluding hydrogens is 383 g/mol. The van der Waals surface area contributed by atoms with Crippen molar-refractivity contribution in [3.63, 3.8) is 0 Å². The van der Waals surface area contributed by atoms with Gasteiger partial charge in [-0.05, 0) is 38.1 Å². The van der Waals surface area contributed by atoms with Gasteiger partial charge in [-0.1, -0.05) is 47.5 Å². The van der Waals surface area contributed by atoms with Crippen molar-refractivity contribution in [1.29, 1.82) is 0 Å². The number of nitrogens with zero attached hydrogens (tertiary/aromatic N) is 1. The van der Waals surface area contributed by atoms with Crippen molar-refractivity contribution < 1.29 is 13.2 Å². The van der Waals surface area contributed by atoms with Crippen LogP contribution in [-0.4, -0.2) is 26.9 Å². The Kier molecular flexibility index (Phi) is 6.32. The zero-order valence-corrected chi connectivity index (χ0v) is 16.1. The molecule has 0 atom stereocenters. The molecule has 0 aliphatic heterocycles. The van der Waals surface area contributed by atoms with Crippen LogP contribution in [0.1, 0.15) is 13.8 Å². The lowest BCUT2D eigenvalue weighted by atomic mass is 10.3. The van der Waals surface area contributed by atoms with E-state index in [1.54, 1.807) is 44.2 Å². The summed E-state index contributed by atoms with van der Waals surface area (Å²) in [6.07, 6.45) is 0. The number of hydrogen-bond acceptors (Lipinski definition) is 3. The first-order valence-corrected chi connectivity index (χ1v) is 9.74. The number of halogens is 2. The number of amides is 1. The third-order valence-electron chi connectivity index (χ3n) is 3.27. The van der Waals surface area contributed by atoms with Crippen molar-refractivity contribution in [2.45, 2.75) is 24.8 Å². The Morgan fingerprint density at radius 3 is 2.32 bits per heavy atom. The van der Waals surface area contributed by atoms with Gasteiger partial charge in [0.05, 0.1) is 20.6 Å². The lowest BCUT2D eigenvalue weighted by molar-refractivity contribution is -0.120. The minimum Gasteiger partial charge on any atom is -0.352 e. The summed E-state index contributed by atoms with van der Waals surface area (Å²) in [5.74, 6) is -0.439. The first-order chi connectivity index (χ1) is 11.7. The Hall–Kier alpha value is -1.76. The fourth-order valence-electron chi connectivity index (χ4n) is 2.20. The van der Waals surface area contributed by atoms with E-state index in [0.29, 0.717) is 0 Å². The highest BCUT2D eigenvalue weighted by molar-refractivity contribution is 7.92. The predicted molar refractivity (Wildman–Crippen MR) is 101 cm³/mol. The number of nitrogens with one attached hydrogen (secondary N) is 1. The van der Waals surface area contributed by atoms with Crippen LogP contribution in [0.5, 0.6) is 0 Å². The van der Waals surface area contributed by atoms with Gasteiger partial charge in [0.25, 0.3) is 10.0 Å². The summed E-state index contributed by atoms with van der Waals surface area (Å²) in [6.45, 7) is 3.18. The van der Waals surface area contributed by atoms with E-state index >= 15 is 0 Å². The fourth-order valence-corrected chi connectivity index (χ4v) is 4.10. The lowest BCUT2D eigenvalue weighted by Crippen LogP contribution is -2.43. The molecule has 2 aromatic rings. The molecule has 0 aromatic heterocycles. The zero-order chi connectivity index (χ0) is 18.6. The average Bonchev–Trinajstić information content (AvgIpc) is 2.55. The summed E-state index contributed by atoms with van der Waals surface area (Å²) in [7, 11) is -3.99. The van der Waals surface area contributed by atoms with Crippen molar-refractivity contribution in [2.75, 3.05) is 10.8 Å². The summed E-state index contributed by atoms with van der Waals surface area (Å²) in [5, 5.41) is 2.96. The number of hydrogen-bond donors (Lipinski definition) is 1. The summed E-state index contributed by atoms with van der Waals surface area (Å²) in [5.41, 5.74) is 0.150. The van der Waals surface area contributed by atoms with Crippen LogP contribution >= 0.6 is 23.2 Å². The molecule has 0 heterocycles. The second-order valence-electron chi connectivity index (χ2n) is 5.62. The van der Waals surface area contributed by atoms with E-state index in [1.165, 1.54) is 18.2 Å². The van der Waals surface area contributed by atoms with Crippen molar-refractivity contribution in [3.05, 3.63) is 58.6 Å². The van der Waals surface area contributed by atoms with E-state index in [2.05, 4.69) is 5.32 Å². The maximum absolute atomic E-state index is 13.1. The van der Waals surface area contributed by atoms with Crippen LogP contribution < -0.4 is 9.62 Å². The van der Waals surface area contributed by atoms with Gasteiger partial charge < -0.3 is 5.32 Å². The highest BCUT2D eigenvalue weighted by Gasteiger charge is 2.29. The molecule has 0 aliphatic rings. The molecule has 0 fully saturated rings. The van der Waals surface area contributed by atoms with Crippen molar-refractivity contribution in [1.82, 2.24) is 5.32 Å². The van der Waals surface area contributed by atoms with Gasteiger partial charge in [-0.3, -0.25) is 9.10 Å². The number of sulfonamides is 1. The van der Waals surface area contributed by atoms with E-state index < -0.39 is 22.5 Å². The second kappa shape index (κ2) is 8.08. The topological polar surface area (TPSA) is 66.5 Å². The van der Waals surface area contributed by atoms with Gasteiger partial charge in [0, 0.05) is 6.04 Å². The van der Waals surface area contributed by atoms with Crippen LogP contribution in [0.15, 0.2) is 53.4 Å². The molecule has 0 radical (unpaired) electrons. The molecule has 1 amide bonds. The van der Waals surface area contributed by atoms with E-state index in [1.807, 2.05) is 0 Å². The van der Waals surface area contributed by atoms with E-state index in [4.69, 9.17) is 23.2 Å². The van der Waals surface area contributed by atoms with Crippen LogP contribution in [0.2, 0.25) is 10.0 Å². The highest BCUT2D eigenvalue weighted by Crippen LogP contribution is 2.35. The predicted octanol–water partition coefficient (Wildman–Crippen LogP) is 3.71. The molecule has 2 aromatic carbocycles. The van der Waals surface area contributed by atoms with Gasteiger partial charge in [-0.25, -0.2) is 8.42 Å². The largest absolute Gasteiger partial charge is 0.352 e. The normalized spacial score (nSPS) is 11.4. The van der Waals surface area contributed by atoms with Gasteiger partial charge in [0.2, 0.25) is 5.91 Å². The highest BCUT2D eigenvalue weighted by atomic mass is 35.5. The Morgan fingerprint density at radius 1 is 1.08 bits per heavy atom. The van der Waals surface area contributed by atoms with Crippen molar-refractivity contribution in [2.24, 2.45) is 0 Å². The van der Waals surface area contributed by atoms with E-state index in [-0.39, 0.29) is 26.7 Å². The first kappa shape index (κ1) is 19.6. The molecular formula is C17H18Cl2N2O3S. The number of benzene rings is 2. The third kappa shape index (κ3) is 4.66. The van der Waals surface area contributed by atoms with Crippen molar-refractivity contribution in [3.8, 4) is 0 Å². The second-order valence-corrected chi connectivity index (χ2v) is 8.27. The Bertz CT molecular complexity index is 855. The maximum atomic E-state index is 13.1. The van der Waals surface area contributed by atoms with Crippen LogP contribution in [0.4, 0.5) is 5.69 Å². The summed E-state index contributed by atoms with van der Waals surface area (Å²) in [6, 6.07) is 12.4. The molecule has 0 saturated heterocycles. The van der Waals surface area contributed by atoms with Crippen LogP contribution in [0.25, 0.3) is 0 Å². The number of rotatable bonds is 6. The minimum absolute atomic E-state index is 0.0587. The zero-order valence-electron chi connectivity index (χ0n) is 13.7. The van der Waals surface area contributed by atoms with Crippen LogP contribution in [-0.2, 0) is 14.8 Å². The van der Waals surface area contributed by atoms with Gasteiger partial charge in [-0.15, -0.1) is 0 Å². The van der Waals surface area contributed by atoms with Crippen LogP contribution in [0.3, 0.4) is 0 Å². The van der Waals surface area contributed by atoms with E-state index in [0.717, 1.165) is 4.31 Å². The smallest absolute Gasteiger partial charge is 0.264 e. The molecule has 5 nitrogen and oxygen atoms in total. The van der Waals surface area contributed by atoms with Gasteiger partial charge in [0.1, 0.15) is 6.54 Å². The maximum Gasteiger partial charge on any atom is 0.264 e. The molecule has 134 valence electrons. The Labute approximate surface area is 157 Å². The fraction of sp³-hybridized carbons (Fsp3) is 0.235. The molecule has 25 heavy (non-hydrogen) atoms. The summed E-state index contributed by atoms with van der Waals surface area (Å²) in [4.78, 5) is 12.3. The first-order valence-electron chi connectivity index (χ1n) is 7.54. The summed E-state index contributed by atoms with van der Waals surface area (Å²) >= 11 is 12.2. The molecule has 2 rings (SSSR count).